The molecule has 1 aromatic heterocycles. The normalized spacial score (nSPS) is 11.4. The van der Waals surface area contributed by atoms with Gasteiger partial charge in [-0.05, 0) is 24.6 Å². The van der Waals surface area contributed by atoms with E-state index < -0.39 is 9.84 Å². The van der Waals surface area contributed by atoms with Crippen molar-refractivity contribution in [2.75, 3.05) is 0 Å². The van der Waals surface area contributed by atoms with Gasteiger partial charge in [0.2, 0.25) is 9.84 Å². The molecule has 0 unspecified atom stereocenters. The number of pyridine rings is 1. The minimum Gasteiger partial charge on any atom is -0.243 e. The zero-order valence-electron chi connectivity index (χ0n) is 9.80. The van der Waals surface area contributed by atoms with Crippen molar-refractivity contribution in [1.82, 2.24) is 4.98 Å². The number of nitrogens with zero attached hydrogens (tertiary/aromatic N) is 1. The molecule has 18 heavy (non-hydrogen) atoms. The highest BCUT2D eigenvalue weighted by atomic mass is 35.5. The van der Waals surface area contributed by atoms with Crippen molar-refractivity contribution in [2.45, 2.75) is 17.7 Å². The number of aryl methyl sites for hydroxylation is 1. The molecule has 0 fully saturated rings. The average Bonchev–Trinajstić information content (AvgIpc) is 2.28. The molecule has 94 valence electrons. The third-order valence-corrected chi connectivity index (χ3v) is 4.50. The molecular weight excluding hydrogens is 270 g/mol. The smallest absolute Gasteiger partial charge is 0.201 e. The van der Waals surface area contributed by atoms with Crippen LogP contribution in [0.2, 0.25) is 5.02 Å². The van der Waals surface area contributed by atoms with Gasteiger partial charge in [0.25, 0.3) is 0 Å². The maximum Gasteiger partial charge on any atom is 0.201 e. The summed E-state index contributed by atoms with van der Waals surface area (Å²) in [5.41, 5.74) is 1.76. The van der Waals surface area contributed by atoms with Crippen molar-refractivity contribution < 1.29 is 8.42 Å². The molecule has 0 atom stereocenters. The Morgan fingerprint density at radius 2 is 2.00 bits per heavy atom. The summed E-state index contributed by atoms with van der Waals surface area (Å²) in [6.45, 7) is 1.92. The highest BCUT2D eigenvalue weighted by Gasteiger charge is 2.19. The number of aromatic nitrogens is 1. The van der Waals surface area contributed by atoms with Crippen LogP contribution in [-0.4, -0.2) is 13.4 Å². The molecular formula is C13H12ClNO2S. The topological polar surface area (TPSA) is 47.0 Å². The summed E-state index contributed by atoms with van der Waals surface area (Å²) in [5, 5.41) is 0.0957. The van der Waals surface area contributed by atoms with Gasteiger partial charge in [-0.15, -0.1) is 0 Å². The van der Waals surface area contributed by atoms with E-state index >= 15 is 0 Å². The molecule has 0 aliphatic carbocycles. The molecule has 0 amide bonds. The third-order valence-electron chi connectivity index (χ3n) is 2.46. The molecule has 0 spiro atoms. The molecule has 3 nitrogen and oxygen atoms in total. The van der Waals surface area contributed by atoms with Crippen LogP contribution in [0.15, 0.2) is 47.6 Å². The monoisotopic (exact) mass is 281 g/mol. The zero-order chi connectivity index (χ0) is 13.2. The van der Waals surface area contributed by atoms with Crippen molar-refractivity contribution in [3.05, 3.63) is 58.7 Å². The molecule has 0 bridgehead atoms. The summed E-state index contributed by atoms with van der Waals surface area (Å²) in [4.78, 5) is 3.85. The van der Waals surface area contributed by atoms with Gasteiger partial charge in [0.15, 0.2) is 5.03 Å². The second-order valence-corrected chi connectivity index (χ2v) is 6.35. The van der Waals surface area contributed by atoms with Crippen molar-refractivity contribution in [3.63, 3.8) is 0 Å². The second kappa shape index (κ2) is 5.08. The second-order valence-electron chi connectivity index (χ2n) is 4.04. The number of halogens is 1. The standard InChI is InChI=1S/C13H12ClNO2S/c1-10-4-2-5-11(8-10)9-18(16,17)13-12(14)6-3-7-15-13/h2-8H,9H2,1H3. The van der Waals surface area contributed by atoms with Gasteiger partial charge in [-0.25, -0.2) is 13.4 Å². The van der Waals surface area contributed by atoms with Gasteiger partial charge in [-0.3, -0.25) is 0 Å². The minimum absolute atomic E-state index is 0.0619. The maximum atomic E-state index is 12.2. The van der Waals surface area contributed by atoms with Crippen molar-refractivity contribution in [1.29, 1.82) is 0 Å². The van der Waals surface area contributed by atoms with E-state index in [4.69, 9.17) is 11.6 Å². The zero-order valence-corrected chi connectivity index (χ0v) is 11.4. The van der Waals surface area contributed by atoms with Crippen LogP contribution in [0.3, 0.4) is 0 Å². The molecule has 2 aromatic rings. The molecule has 0 radical (unpaired) electrons. The van der Waals surface area contributed by atoms with Crippen LogP contribution in [0.25, 0.3) is 0 Å². The predicted octanol–water partition coefficient (Wildman–Crippen LogP) is 3.02. The van der Waals surface area contributed by atoms with E-state index in [9.17, 15) is 8.42 Å². The lowest BCUT2D eigenvalue weighted by Gasteiger charge is -2.06. The molecule has 0 saturated heterocycles. The first-order valence-corrected chi connectivity index (χ1v) is 7.41. The van der Waals surface area contributed by atoms with Gasteiger partial charge >= 0.3 is 0 Å². The van der Waals surface area contributed by atoms with Gasteiger partial charge in [0, 0.05) is 6.20 Å². The van der Waals surface area contributed by atoms with Crippen LogP contribution in [0.1, 0.15) is 11.1 Å². The van der Waals surface area contributed by atoms with Crippen LogP contribution in [-0.2, 0) is 15.6 Å². The van der Waals surface area contributed by atoms with E-state index in [0.717, 1.165) is 11.1 Å². The Morgan fingerprint density at radius 3 is 2.67 bits per heavy atom. The lowest BCUT2D eigenvalue weighted by molar-refractivity contribution is 0.591. The fourth-order valence-electron chi connectivity index (χ4n) is 1.69. The molecule has 5 heteroatoms. The predicted molar refractivity (Wildman–Crippen MR) is 71.3 cm³/mol. The molecule has 0 saturated carbocycles. The number of rotatable bonds is 3. The van der Waals surface area contributed by atoms with Gasteiger partial charge in [-0.2, -0.15) is 0 Å². The number of benzene rings is 1. The summed E-state index contributed by atoms with van der Waals surface area (Å²) in [6, 6.07) is 10.5. The van der Waals surface area contributed by atoms with E-state index in [1.54, 1.807) is 12.1 Å². The van der Waals surface area contributed by atoms with Gasteiger partial charge in [-0.1, -0.05) is 41.4 Å². The van der Waals surface area contributed by atoms with Crippen LogP contribution in [0, 0.1) is 6.92 Å². The Bertz CT molecular complexity index is 668. The van der Waals surface area contributed by atoms with E-state index in [-0.39, 0.29) is 15.8 Å². The molecule has 0 aliphatic heterocycles. The highest BCUT2D eigenvalue weighted by molar-refractivity contribution is 7.90. The molecule has 1 aromatic carbocycles. The maximum absolute atomic E-state index is 12.2. The number of hydrogen-bond acceptors (Lipinski definition) is 3. The SMILES string of the molecule is Cc1cccc(CS(=O)(=O)c2ncccc2Cl)c1. The molecule has 2 rings (SSSR count). The van der Waals surface area contributed by atoms with Crippen molar-refractivity contribution in [3.8, 4) is 0 Å². The first kappa shape index (κ1) is 13.1. The molecule has 1 heterocycles. The summed E-state index contributed by atoms with van der Waals surface area (Å²) < 4.78 is 24.4. The lowest BCUT2D eigenvalue weighted by Crippen LogP contribution is -2.07. The summed E-state index contributed by atoms with van der Waals surface area (Å²) in [7, 11) is -3.50. The number of sulfone groups is 1. The summed E-state index contributed by atoms with van der Waals surface area (Å²) in [6.07, 6.45) is 1.43. The van der Waals surface area contributed by atoms with Crippen LogP contribution >= 0.6 is 11.6 Å². The Kier molecular flexibility index (Phi) is 3.68. The molecule has 0 aliphatic rings. The Balaban J connectivity index is 2.37. The van der Waals surface area contributed by atoms with Crippen LogP contribution in [0.4, 0.5) is 0 Å². The lowest BCUT2D eigenvalue weighted by atomic mass is 10.2. The van der Waals surface area contributed by atoms with E-state index in [0.29, 0.717) is 0 Å². The van der Waals surface area contributed by atoms with E-state index in [2.05, 4.69) is 4.98 Å². The Hall–Kier alpha value is -1.39. The summed E-state index contributed by atoms with van der Waals surface area (Å²) in [5.74, 6) is -0.0919. The number of hydrogen-bond donors (Lipinski definition) is 0. The molecule has 0 N–H and O–H groups in total. The van der Waals surface area contributed by atoms with Gasteiger partial charge in [0.1, 0.15) is 0 Å². The largest absolute Gasteiger partial charge is 0.243 e. The Morgan fingerprint density at radius 1 is 1.22 bits per heavy atom. The first-order chi connectivity index (χ1) is 8.49. The average molecular weight is 282 g/mol. The fraction of sp³-hybridized carbons (Fsp3) is 0.154. The Labute approximate surface area is 111 Å². The van der Waals surface area contributed by atoms with E-state index in [1.807, 2.05) is 25.1 Å². The highest BCUT2D eigenvalue weighted by Crippen LogP contribution is 2.22. The van der Waals surface area contributed by atoms with E-state index in [1.165, 1.54) is 12.3 Å². The summed E-state index contributed by atoms with van der Waals surface area (Å²) >= 11 is 5.86. The van der Waals surface area contributed by atoms with Crippen LogP contribution < -0.4 is 0 Å². The van der Waals surface area contributed by atoms with Gasteiger partial charge in [0.05, 0.1) is 10.8 Å². The first-order valence-electron chi connectivity index (χ1n) is 5.38. The van der Waals surface area contributed by atoms with Crippen molar-refractivity contribution >= 4 is 21.4 Å². The van der Waals surface area contributed by atoms with Crippen molar-refractivity contribution in [2.24, 2.45) is 0 Å². The fourth-order valence-corrected chi connectivity index (χ4v) is 3.51. The minimum atomic E-state index is -3.50. The quantitative estimate of drug-likeness (QED) is 0.869. The van der Waals surface area contributed by atoms with Gasteiger partial charge < -0.3 is 0 Å². The third kappa shape index (κ3) is 2.89. The van der Waals surface area contributed by atoms with Crippen LogP contribution in [0.5, 0.6) is 0 Å².